The summed E-state index contributed by atoms with van der Waals surface area (Å²) in [6, 6.07) is 0.744. The zero-order valence-corrected chi connectivity index (χ0v) is 11.8. The van der Waals surface area contributed by atoms with Crippen LogP contribution in [0.25, 0.3) is 0 Å². The Balaban J connectivity index is 2.13. The Morgan fingerprint density at radius 1 is 1.14 bits per heavy atom. The molecule has 1 aliphatic heterocycles. The normalized spacial score (nSPS) is 17.9. The Morgan fingerprint density at radius 3 is 2.29 bits per heavy atom. The van der Waals surface area contributed by atoms with Crippen LogP contribution in [0.2, 0.25) is 0 Å². The molecular weight excluding hydrogens is 309 g/mol. The molecule has 118 valence electrons. The molecule has 0 unspecified atom stereocenters. The summed E-state index contributed by atoms with van der Waals surface area (Å²) >= 11 is 0. The molecule has 0 atom stereocenters. The van der Waals surface area contributed by atoms with Gasteiger partial charge in [-0.3, -0.25) is 4.72 Å². The van der Waals surface area contributed by atoms with Crippen molar-refractivity contribution in [2.45, 2.75) is 12.8 Å². The van der Waals surface area contributed by atoms with Crippen LogP contribution in [-0.2, 0) is 10.2 Å². The molecule has 1 aromatic rings. The zero-order valence-electron chi connectivity index (χ0n) is 11.0. The zero-order chi connectivity index (χ0) is 15.6. The molecular formula is C12H15F3N2O3S. The fraction of sp³-hybridized carbons (Fsp3) is 0.500. The lowest BCUT2D eigenvalue weighted by Gasteiger charge is -2.30. The van der Waals surface area contributed by atoms with Gasteiger partial charge >= 0.3 is 10.2 Å². The number of hydrogen-bond donors (Lipinski definition) is 2. The molecule has 21 heavy (non-hydrogen) atoms. The van der Waals surface area contributed by atoms with Crippen molar-refractivity contribution in [1.29, 1.82) is 0 Å². The topological polar surface area (TPSA) is 69.6 Å². The quantitative estimate of drug-likeness (QED) is 0.824. The number of nitrogens with zero attached hydrogens (tertiary/aromatic N) is 1. The Bertz CT molecular complexity index is 616. The maximum atomic E-state index is 13.5. The van der Waals surface area contributed by atoms with Crippen molar-refractivity contribution in [3.05, 3.63) is 29.6 Å². The minimum absolute atomic E-state index is 0.0148. The van der Waals surface area contributed by atoms with Crippen LogP contribution >= 0.6 is 0 Å². The van der Waals surface area contributed by atoms with E-state index in [1.54, 1.807) is 0 Å². The van der Waals surface area contributed by atoms with Crippen LogP contribution in [0.1, 0.15) is 12.8 Å². The van der Waals surface area contributed by atoms with Gasteiger partial charge in [-0.25, -0.2) is 13.2 Å². The van der Waals surface area contributed by atoms with Crippen molar-refractivity contribution in [3.8, 4) is 0 Å². The van der Waals surface area contributed by atoms with Crippen LogP contribution < -0.4 is 4.72 Å². The molecule has 1 heterocycles. The van der Waals surface area contributed by atoms with E-state index in [-0.39, 0.29) is 31.7 Å². The van der Waals surface area contributed by atoms with Crippen LogP contribution in [-0.4, -0.2) is 37.5 Å². The van der Waals surface area contributed by atoms with Gasteiger partial charge in [-0.1, -0.05) is 0 Å². The number of halogens is 3. The van der Waals surface area contributed by atoms with Crippen molar-refractivity contribution >= 4 is 15.9 Å². The predicted octanol–water partition coefficient (Wildman–Crippen LogP) is 1.46. The van der Waals surface area contributed by atoms with Gasteiger partial charge in [-0.2, -0.15) is 12.7 Å². The van der Waals surface area contributed by atoms with Crippen molar-refractivity contribution in [2.75, 3.05) is 24.4 Å². The fourth-order valence-corrected chi connectivity index (χ4v) is 3.39. The summed E-state index contributed by atoms with van der Waals surface area (Å²) in [5.74, 6) is -3.88. The third-order valence-corrected chi connectivity index (χ3v) is 4.94. The summed E-state index contributed by atoms with van der Waals surface area (Å²) in [4.78, 5) is 0. The number of anilines is 1. The number of nitrogens with one attached hydrogen (secondary N) is 1. The smallest absolute Gasteiger partial charge is 0.301 e. The van der Waals surface area contributed by atoms with E-state index in [1.165, 1.54) is 0 Å². The van der Waals surface area contributed by atoms with E-state index in [0.717, 1.165) is 4.31 Å². The third-order valence-electron chi connectivity index (χ3n) is 3.42. The van der Waals surface area contributed by atoms with Crippen molar-refractivity contribution in [2.24, 2.45) is 5.92 Å². The van der Waals surface area contributed by atoms with Gasteiger partial charge in [-0.05, 0) is 18.8 Å². The summed E-state index contributed by atoms with van der Waals surface area (Å²) in [7, 11) is -4.05. The van der Waals surface area contributed by atoms with E-state index in [4.69, 9.17) is 5.11 Å². The fourth-order valence-electron chi connectivity index (χ4n) is 2.14. The largest absolute Gasteiger partial charge is 0.396 e. The summed E-state index contributed by atoms with van der Waals surface area (Å²) in [6.07, 6.45) is 0.968. The molecule has 0 saturated carbocycles. The minimum atomic E-state index is -4.05. The van der Waals surface area contributed by atoms with Gasteiger partial charge in [0.05, 0.1) is 5.69 Å². The molecule has 0 aliphatic carbocycles. The molecule has 1 saturated heterocycles. The summed E-state index contributed by atoms with van der Waals surface area (Å²) in [5.41, 5.74) is -0.641. The molecule has 1 aliphatic rings. The SMILES string of the molecule is O=S(=O)(Nc1cc(F)c(F)cc1F)N1CCC(CO)CC1. The van der Waals surface area contributed by atoms with Crippen LogP contribution in [0.5, 0.6) is 0 Å². The van der Waals surface area contributed by atoms with Crippen LogP contribution in [0.4, 0.5) is 18.9 Å². The molecule has 0 radical (unpaired) electrons. The van der Waals surface area contributed by atoms with Gasteiger partial charge in [-0.15, -0.1) is 0 Å². The molecule has 1 aromatic carbocycles. The van der Waals surface area contributed by atoms with Crippen LogP contribution in [0, 0.1) is 23.4 Å². The van der Waals surface area contributed by atoms with Gasteiger partial charge < -0.3 is 5.11 Å². The first-order valence-corrected chi connectivity index (χ1v) is 7.81. The molecule has 1 fully saturated rings. The van der Waals surface area contributed by atoms with Gasteiger partial charge in [0.2, 0.25) is 0 Å². The number of hydrogen-bond acceptors (Lipinski definition) is 3. The molecule has 2 N–H and O–H groups in total. The lowest BCUT2D eigenvalue weighted by atomic mass is 10.00. The van der Waals surface area contributed by atoms with E-state index in [1.807, 2.05) is 4.72 Å². The number of rotatable bonds is 4. The number of benzene rings is 1. The first-order valence-electron chi connectivity index (χ1n) is 6.37. The standard InChI is InChI=1S/C12H15F3N2O3S/c13-9-5-11(15)12(6-10(9)14)16-21(19,20)17-3-1-8(7-18)2-4-17/h5-6,8,16,18H,1-4,7H2. The average Bonchev–Trinajstić information content (AvgIpc) is 2.44. The first-order chi connectivity index (χ1) is 9.83. The molecule has 2 rings (SSSR count). The first kappa shape index (κ1) is 16.1. The lowest BCUT2D eigenvalue weighted by Crippen LogP contribution is -2.42. The minimum Gasteiger partial charge on any atom is -0.396 e. The Kier molecular flexibility index (Phi) is 4.74. The number of aliphatic hydroxyl groups is 1. The summed E-state index contributed by atoms with van der Waals surface area (Å²) in [6.45, 7) is 0.330. The van der Waals surface area contributed by atoms with E-state index in [9.17, 15) is 21.6 Å². The molecule has 9 heteroatoms. The Morgan fingerprint density at radius 2 is 1.71 bits per heavy atom. The van der Waals surface area contributed by atoms with Crippen LogP contribution in [0.15, 0.2) is 12.1 Å². The lowest BCUT2D eigenvalue weighted by molar-refractivity contribution is 0.170. The highest BCUT2D eigenvalue weighted by Gasteiger charge is 2.28. The van der Waals surface area contributed by atoms with Gasteiger partial charge in [0.25, 0.3) is 0 Å². The number of piperidine rings is 1. The second kappa shape index (κ2) is 6.20. The van der Waals surface area contributed by atoms with Crippen molar-refractivity contribution in [3.63, 3.8) is 0 Å². The summed E-state index contributed by atoms with van der Waals surface area (Å²) in [5, 5.41) is 9.00. The third kappa shape index (κ3) is 3.66. The van der Waals surface area contributed by atoms with Crippen molar-refractivity contribution in [1.82, 2.24) is 4.31 Å². The molecule has 0 amide bonds. The molecule has 0 spiro atoms. The highest BCUT2D eigenvalue weighted by Crippen LogP contribution is 2.23. The molecule has 0 aromatic heterocycles. The second-order valence-corrected chi connectivity index (χ2v) is 6.55. The highest BCUT2D eigenvalue weighted by molar-refractivity contribution is 7.90. The molecule has 0 bridgehead atoms. The van der Waals surface area contributed by atoms with E-state index < -0.39 is 33.3 Å². The monoisotopic (exact) mass is 324 g/mol. The Labute approximate surface area is 120 Å². The van der Waals surface area contributed by atoms with Gasteiger partial charge in [0.15, 0.2) is 11.6 Å². The average molecular weight is 324 g/mol. The number of aliphatic hydroxyl groups excluding tert-OH is 1. The van der Waals surface area contributed by atoms with E-state index >= 15 is 0 Å². The Hall–Kier alpha value is -1.32. The summed E-state index contributed by atoms with van der Waals surface area (Å²) < 4.78 is 66.4. The van der Waals surface area contributed by atoms with Gasteiger partial charge in [0, 0.05) is 31.8 Å². The maximum absolute atomic E-state index is 13.5. The van der Waals surface area contributed by atoms with E-state index in [0.29, 0.717) is 18.9 Å². The highest BCUT2D eigenvalue weighted by atomic mass is 32.2. The predicted molar refractivity (Wildman–Crippen MR) is 70.2 cm³/mol. The maximum Gasteiger partial charge on any atom is 0.301 e. The van der Waals surface area contributed by atoms with E-state index in [2.05, 4.69) is 0 Å². The molecule has 5 nitrogen and oxygen atoms in total. The van der Waals surface area contributed by atoms with Gasteiger partial charge in [0.1, 0.15) is 5.82 Å². The second-order valence-electron chi connectivity index (χ2n) is 4.88. The van der Waals surface area contributed by atoms with Crippen molar-refractivity contribution < 1.29 is 26.7 Å². The van der Waals surface area contributed by atoms with Crippen LogP contribution in [0.3, 0.4) is 0 Å².